The monoisotopic (exact) mass is 437 g/mol. The van der Waals surface area contributed by atoms with E-state index in [2.05, 4.69) is 22.4 Å². The highest BCUT2D eigenvalue weighted by molar-refractivity contribution is 8.01. The van der Waals surface area contributed by atoms with Crippen LogP contribution in [-0.4, -0.2) is 41.0 Å². The summed E-state index contributed by atoms with van der Waals surface area (Å²) in [7, 11) is 0. The van der Waals surface area contributed by atoms with E-state index in [-0.39, 0.29) is 17.6 Å². The molecule has 1 aromatic heterocycles. The van der Waals surface area contributed by atoms with Gasteiger partial charge in [0, 0.05) is 5.56 Å². The average molecular weight is 438 g/mol. The van der Waals surface area contributed by atoms with Gasteiger partial charge >= 0.3 is 5.97 Å². The first-order valence-corrected chi connectivity index (χ1v) is 11.6. The number of amides is 1. The Morgan fingerprint density at radius 2 is 1.83 bits per heavy atom. The Hall–Kier alpha value is -2.13. The maximum Gasteiger partial charge on any atom is 0.316 e. The van der Waals surface area contributed by atoms with Crippen molar-refractivity contribution >= 4 is 40.1 Å². The molecule has 7 nitrogen and oxygen atoms in total. The third-order valence-corrected chi connectivity index (χ3v) is 5.82. The fraction of sp³-hybridized carbons (Fsp3) is 0.500. The number of benzene rings is 1. The molecule has 1 aromatic carbocycles. The molecule has 0 radical (unpaired) electrons. The van der Waals surface area contributed by atoms with Crippen LogP contribution in [-0.2, 0) is 9.53 Å². The summed E-state index contributed by atoms with van der Waals surface area (Å²) in [6, 6.07) is 7.03. The minimum atomic E-state index is -0.304. The largest absolute Gasteiger partial charge is 0.494 e. The number of esters is 1. The Kier molecular flexibility index (Phi) is 10.5. The molecular formula is C20H27N3O4S2. The van der Waals surface area contributed by atoms with Crippen LogP contribution in [0.4, 0.5) is 5.13 Å². The van der Waals surface area contributed by atoms with Crippen molar-refractivity contribution in [3.05, 3.63) is 29.8 Å². The van der Waals surface area contributed by atoms with E-state index in [1.807, 2.05) is 0 Å². The molecule has 2 aromatic rings. The number of thioether (sulfide) groups is 1. The van der Waals surface area contributed by atoms with Gasteiger partial charge in [-0.25, -0.2) is 0 Å². The van der Waals surface area contributed by atoms with Crippen molar-refractivity contribution in [1.29, 1.82) is 0 Å². The zero-order valence-corrected chi connectivity index (χ0v) is 18.4. The van der Waals surface area contributed by atoms with Gasteiger partial charge in [-0.3, -0.25) is 14.9 Å². The summed E-state index contributed by atoms with van der Waals surface area (Å²) < 4.78 is 11.2. The van der Waals surface area contributed by atoms with Crippen molar-refractivity contribution in [3.8, 4) is 5.75 Å². The first-order chi connectivity index (χ1) is 14.1. The molecule has 29 heavy (non-hydrogen) atoms. The number of hydrogen-bond donors (Lipinski definition) is 1. The van der Waals surface area contributed by atoms with Gasteiger partial charge in [-0.1, -0.05) is 55.7 Å². The SMILES string of the molecule is CCCCCCCOc1ccc(C(=O)Nc2nnc(SCC(=O)OCC)s2)cc1. The molecule has 1 N–H and O–H groups in total. The highest BCUT2D eigenvalue weighted by atomic mass is 32.2. The normalized spacial score (nSPS) is 10.6. The van der Waals surface area contributed by atoms with Crippen LogP contribution in [0.15, 0.2) is 28.6 Å². The van der Waals surface area contributed by atoms with Crippen LogP contribution in [0.3, 0.4) is 0 Å². The van der Waals surface area contributed by atoms with E-state index in [9.17, 15) is 9.59 Å². The highest BCUT2D eigenvalue weighted by Crippen LogP contribution is 2.26. The fourth-order valence-corrected chi connectivity index (χ4v) is 3.95. The van der Waals surface area contributed by atoms with Crippen molar-refractivity contribution in [1.82, 2.24) is 10.2 Å². The summed E-state index contributed by atoms with van der Waals surface area (Å²) >= 11 is 2.44. The lowest BCUT2D eigenvalue weighted by Gasteiger charge is -2.07. The first-order valence-electron chi connectivity index (χ1n) is 9.78. The Labute approximate surface area is 179 Å². The second-order valence-electron chi connectivity index (χ2n) is 6.21. The van der Waals surface area contributed by atoms with Crippen LogP contribution in [0.5, 0.6) is 5.75 Å². The minimum absolute atomic E-state index is 0.163. The number of carbonyl (C=O) groups excluding carboxylic acids is 2. The third kappa shape index (κ3) is 8.82. The van der Waals surface area contributed by atoms with Crippen molar-refractivity contribution in [2.24, 2.45) is 0 Å². The number of nitrogens with one attached hydrogen (secondary N) is 1. The number of nitrogens with zero attached hydrogens (tertiary/aromatic N) is 2. The molecule has 2 rings (SSSR count). The molecule has 0 atom stereocenters. The lowest BCUT2D eigenvalue weighted by Crippen LogP contribution is -2.11. The quantitative estimate of drug-likeness (QED) is 0.208. The predicted octanol–water partition coefficient (Wildman–Crippen LogP) is 4.79. The Morgan fingerprint density at radius 3 is 2.55 bits per heavy atom. The van der Waals surface area contributed by atoms with Gasteiger partial charge in [0.25, 0.3) is 5.91 Å². The second-order valence-corrected chi connectivity index (χ2v) is 8.41. The van der Waals surface area contributed by atoms with Crippen LogP contribution in [0.1, 0.15) is 56.3 Å². The Morgan fingerprint density at radius 1 is 1.07 bits per heavy atom. The van der Waals surface area contributed by atoms with E-state index in [1.165, 1.54) is 48.8 Å². The molecule has 0 fully saturated rings. The molecule has 0 spiro atoms. The molecule has 0 saturated carbocycles. The highest BCUT2D eigenvalue weighted by Gasteiger charge is 2.12. The number of carbonyl (C=O) groups is 2. The molecular weight excluding hydrogens is 410 g/mol. The van der Waals surface area contributed by atoms with Crippen LogP contribution in [0.25, 0.3) is 0 Å². The molecule has 1 amide bonds. The van der Waals surface area contributed by atoms with Crippen molar-refractivity contribution < 1.29 is 19.1 Å². The lowest BCUT2D eigenvalue weighted by molar-refractivity contribution is -0.139. The zero-order chi connectivity index (χ0) is 20.9. The van der Waals surface area contributed by atoms with Gasteiger partial charge in [0.2, 0.25) is 5.13 Å². The van der Waals surface area contributed by atoms with Crippen molar-refractivity contribution in [3.63, 3.8) is 0 Å². The molecule has 0 saturated heterocycles. The lowest BCUT2D eigenvalue weighted by atomic mass is 10.2. The maximum atomic E-state index is 12.4. The van der Waals surface area contributed by atoms with Crippen LogP contribution in [0, 0.1) is 0 Å². The van der Waals surface area contributed by atoms with E-state index in [1.54, 1.807) is 31.2 Å². The molecule has 1 heterocycles. The van der Waals surface area contributed by atoms with Crippen LogP contribution < -0.4 is 10.1 Å². The smallest absolute Gasteiger partial charge is 0.316 e. The van der Waals surface area contributed by atoms with Gasteiger partial charge in [-0.15, -0.1) is 10.2 Å². The minimum Gasteiger partial charge on any atom is -0.494 e. The third-order valence-electron chi connectivity index (χ3n) is 3.88. The second kappa shape index (κ2) is 13.2. The van der Waals surface area contributed by atoms with Gasteiger partial charge in [-0.2, -0.15) is 0 Å². The molecule has 9 heteroatoms. The summed E-state index contributed by atoms with van der Waals surface area (Å²) in [6.07, 6.45) is 5.96. The molecule has 158 valence electrons. The number of hydrogen-bond acceptors (Lipinski definition) is 8. The average Bonchev–Trinajstić information content (AvgIpc) is 3.17. The standard InChI is InChI=1S/C20H27N3O4S2/c1-3-5-6-7-8-13-27-16-11-9-15(10-12-16)18(25)21-19-22-23-20(29-19)28-14-17(24)26-4-2/h9-12H,3-8,13-14H2,1-2H3,(H,21,22,25). The summed E-state index contributed by atoms with van der Waals surface area (Å²) in [5.74, 6) is 0.345. The Balaban J connectivity index is 1.75. The summed E-state index contributed by atoms with van der Waals surface area (Å²) in [5.41, 5.74) is 0.510. The zero-order valence-electron chi connectivity index (χ0n) is 16.8. The molecule has 0 bridgehead atoms. The Bertz CT molecular complexity index is 765. The number of ether oxygens (including phenoxy) is 2. The van der Waals surface area contributed by atoms with E-state index in [4.69, 9.17) is 9.47 Å². The van der Waals surface area contributed by atoms with Crippen LogP contribution in [0.2, 0.25) is 0 Å². The van der Waals surface area contributed by atoms with Gasteiger partial charge in [-0.05, 0) is 37.6 Å². The number of aromatic nitrogens is 2. The predicted molar refractivity (Wildman–Crippen MR) is 116 cm³/mol. The molecule has 0 unspecified atom stereocenters. The summed E-state index contributed by atoms with van der Waals surface area (Å²) in [4.78, 5) is 23.7. The van der Waals surface area contributed by atoms with E-state index >= 15 is 0 Å². The molecule has 0 aliphatic rings. The molecule has 0 aliphatic heterocycles. The van der Waals surface area contributed by atoms with Gasteiger partial charge in [0.15, 0.2) is 4.34 Å². The van der Waals surface area contributed by atoms with Crippen LogP contribution >= 0.6 is 23.1 Å². The van der Waals surface area contributed by atoms with Gasteiger partial charge in [0.05, 0.1) is 19.0 Å². The number of anilines is 1. The van der Waals surface area contributed by atoms with E-state index in [0.29, 0.717) is 28.2 Å². The van der Waals surface area contributed by atoms with Gasteiger partial charge in [0.1, 0.15) is 5.75 Å². The van der Waals surface area contributed by atoms with Crippen molar-refractivity contribution in [2.75, 3.05) is 24.3 Å². The topological polar surface area (TPSA) is 90.4 Å². The molecule has 0 aliphatic carbocycles. The van der Waals surface area contributed by atoms with Gasteiger partial charge < -0.3 is 9.47 Å². The maximum absolute atomic E-state index is 12.4. The number of unbranched alkanes of at least 4 members (excludes halogenated alkanes) is 4. The first kappa shape index (κ1) is 23.2. The summed E-state index contributed by atoms with van der Waals surface area (Å²) in [5, 5.41) is 11.0. The van der Waals surface area contributed by atoms with E-state index in [0.717, 1.165) is 12.2 Å². The number of rotatable bonds is 13. The fourth-order valence-electron chi connectivity index (χ4n) is 2.41. The van der Waals surface area contributed by atoms with Crippen molar-refractivity contribution in [2.45, 2.75) is 50.3 Å². The van der Waals surface area contributed by atoms with E-state index < -0.39 is 0 Å². The summed E-state index contributed by atoms with van der Waals surface area (Å²) in [6.45, 7) is 4.99.